The average molecular weight is 457 g/mol. The maximum Gasteiger partial charge on any atom is 0.237 e. The average Bonchev–Trinajstić information content (AvgIpc) is 3.15. The van der Waals surface area contributed by atoms with Crippen molar-refractivity contribution in [2.24, 2.45) is 5.92 Å². The highest BCUT2D eigenvalue weighted by Gasteiger charge is 2.25. The molecule has 2 unspecified atom stereocenters. The summed E-state index contributed by atoms with van der Waals surface area (Å²) in [6, 6.07) is 15.3. The summed E-state index contributed by atoms with van der Waals surface area (Å²) in [6.07, 6.45) is 0.258. The number of hydrogen-bond donors (Lipinski definition) is 1. The molecule has 2 atom stereocenters. The van der Waals surface area contributed by atoms with Gasteiger partial charge in [-0.05, 0) is 55.7 Å². The fraction of sp³-hybridized carbons (Fsp3) is 0.375. The maximum absolute atomic E-state index is 13.2. The zero-order valence-electron chi connectivity index (χ0n) is 18.8. The number of carbonyl (C=O) groups excluding carboxylic acids is 1. The van der Waals surface area contributed by atoms with Crippen molar-refractivity contribution in [2.75, 3.05) is 5.32 Å². The van der Waals surface area contributed by atoms with Crippen molar-refractivity contribution in [3.8, 4) is 5.75 Å². The highest BCUT2D eigenvalue weighted by Crippen LogP contribution is 2.29. The number of carbonyl (C=O) groups is 1. The smallest absolute Gasteiger partial charge is 0.237 e. The quantitative estimate of drug-likeness (QED) is 0.395. The second-order valence-electron chi connectivity index (χ2n) is 7.93. The molecule has 0 saturated carbocycles. The second-order valence-corrected chi connectivity index (χ2v) is 9.10. The number of ether oxygens (including phenoxy) is 1. The molecule has 3 rings (SSSR count). The van der Waals surface area contributed by atoms with Crippen molar-refractivity contribution in [3.63, 3.8) is 0 Å². The first-order valence-corrected chi connectivity index (χ1v) is 11.6. The molecule has 1 heterocycles. The zero-order valence-corrected chi connectivity index (χ0v) is 19.6. The fourth-order valence-corrected chi connectivity index (χ4v) is 4.16. The minimum Gasteiger partial charge on any atom is -0.483 e. The molecule has 0 fully saturated rings. The molecule has 32 heavy (non-hydrogen) atoms. The topological polar surface area (TPSA) is 69.0 Å². The molecule has 1 N–H and O–H groups in total. The van der Waals surface area contributed by atoms with Crippen molar-refractivity contribution in [1.82, 2.24) is 14.8 Å². The van der Waals surface area contributed by atoms with E-state index in [2.05, 4.69) is 29.4 Å². The minimum absolute atomic E-state index is 0.0695. The first-order chi connectivity index (χ1) is 15.4. The molecule has 0 radical (unpaired) electrons. The summed E-state index contributed by atoms with van der Waals surface area (Å²) in [7, 11) is 0. The number of rotatable bonds is 10. The van der Waals surface area contributed by atoms with Crippen molar-refractivity contribution in [1.29, 1.82) is 0 Å². The summed E-state index contributed by atoms with van der Waals surface area (Å²) in [6.45, 7) is 8.79. The van der Waals surface area contributed by atoms with Crippen LogP contribution in [0.1, 0.15) is 46.0 Å². The van der Waals surface area contributed by atoms with E-state index in [1.807, 2.05) is 48.7 Å². The maximum atomic E-state index is 13.2. The third-order valence-electron chi connectivity index (χ3n) is 4.74. The van der Waals surface area contributed by atoms with Gasteiger partial charge in [0.25, 0.3) is 0 Å². The van der Waals surface area contributed by atoms with E-state index in [-0.39, 0.29) is 23.1 Å². The van der Waals surface area contributed by atoms with Gasteiger partial charge in [0.1, 0.15) is 11.6 Å². The van der Waals surface area contributed by atoms with Crippen LogP contribution >= 0.6 is 11.8 Å². The Hall–Kier alpha value is -2.87. The van der Waals surface area contributed by atoms with Gasteiger partial charge in [0.05, 0.1) is 5.25 Å². The number of aromatic nitrogens is 3. The molecular formula is C24H29FN4O2S. The number of hydrogen-bond acceptors (Lipinski definition) is 5. The first-order valence-electron chi connectivity index (χ1n) is 10.7. The Bertz CT molecular complexity index is 1010. The van der Waals surface area contributed by atoms with Crippen LogP contribution in [0.15, 0.2) is 59.8 Å². The van der Waals surface area contributed by atoms with Crippen LogP contribution in [0.2, 0.25) is 0 Å². The van der Waals surface area contributed by atoms with Gasteiger partial charge in [0.15, 0.2) is 17.1 Å². The monoisotopic (exact) mass is 456 g/mol. The van der Waals surface area contributed by atoms with E-state index in [1.54, 1.807) is 12.1 Å². The van der Waals surface area contributed by atoms with E-state index in [9.17, 15) is 9.18 Å². The standard InChI is InChI=1S/C24H29FN4O2S/c1-5-21(23(30)26-19-9-7-6-8-10-19)32-24-28-27-22(29(24)15-16(2)3)17(4)31-20-13-11-18(25)12-14-20/h6-14,16-17,21H,5,15H2,1-4H3,(H,26,30). The molecule has 3 aromatic rings. The second kappa shape index (κ2) is 11.1. The van der Waals surface area contributed by atoms with Crippen LogP contribution in [0.5, 0.6) is 5.75 Å². The Kier molecular flexibility index (Phi) is 8.27. The first kappa shape index (κ1) is 23.8. The van der Waals surface area contributed by atoms with Crippen LogP contribution in [0.3, 0.4) is 0 Å². The molecule has 2 aromatic carbocycles. The third kappa shape index (κ3) is 6.32. The van der Waals surface area contributed by atoms with E-state index >= 15 is 0 Å². The van der Waals surface area contributed by atoms with Gasteiger partial charge in [-0.3, -0.25) is 4.79 Å². The molecule has 0 aliphatic carbocycles. The zero-order chi connectivity index (χ0) is 23.1. The number of thioether (sulfide) groups is 1. The summed E-state index contributed by atoms with van der Waals surface area (Å²) in [5.74, 6) is 1.19. The summed E-state index contributed by atoms with van der Waals surface area (Å²) >= 11 is 1.40. The fourth-order valence-electron chi connectivity index (χ4n) is 3.19. The van der Waals surface area contributed by atoms with Gasteiger partial charge in [-0.25, -0.2) is 4.39 Å². The van der Waals surface area contributed by atoms with Crippen molar-refractivity contribution in [2.45, 2.75) is 57.2 Å². The Morgan fingerprint density at radius 3 is 2.41 bits per heavy atom. The molecule has 1 amide bonds. The molecule has 170 valence electrons. The summed E-state index contributed by atoms with van der Waals surface area (Å²) < 4.78 is 21.2. The molecule has 8 heteroatoms. The predicted molar refractivity (Wildman–Crippen MR) is 125 cm³/mol. The van der Waals surface area contributed by atoms with Gasteiger partial charge >= 0.3 is 0 Å². The number of nitrogens with zero attached hydrogens (tertiary/aromatic N) is 3. The SMILES string of the molecule is CCC(Sc1nnc(C(C)Oc2ccc(F)cc2)n1CC(C)C)C(=O)Nc1ccccc1. The van der Waals surface area contributed by atoms with E-state index in [1.165, 1.54) is 23.9 Å². The van der Waals surface area contributed by atoms with Crippen LogP contribution in [0.4, 0.5) is 10.1 Å². The summed E-state index contributed by atoms with van der Waals surface area (Å²) in [5.41, 5.74) is 0.766. The lowest BCUT2D eigenvalue weighted by Gasteiger charge is -2.19. The molecule has 0 saturated heterocycles. The molecule has 6 nitrogen and oxygen atoms in total. The lowest BCUT2D eigenvalue weighted by Crippen LogP contribution is -2.25. The Labute approximate surface area is 192 Å². The van der Waals surface area contributed by atoms with Gasteiger partial charge in [-0.15, -0.1) is 10.2 Å². The molecule has 0 aliphatic heterocycles. The van der Waals surface area contributed by atoms with Crippen molar-refractivity contribution in [3.05, 3.63) is 66.2 Å². The molecule has 0 bridgehead atoms. The van der Waals surface area contributed by atoms with E-state index in [0.29, 0.717) is 35.6 Å². The highest BCUT2D eigenvalue weighted by atomic mass is 32.2. The number of anilines is 1. The van der Waals surface area contributed by atoms with E-state index < -0.39 is 0 Å². The number of benzene rings is 2. The van der Waals surface area contributed by atoms with E-state index in [4.69, 9.17) is 4.74 Å². The third-order valence-corrected chi connectivity index (χ3v) is 6.08. The van der Waals surface area contributed by atoms with Crippen LogP contribution in [0, 0.1) is 11.7 Å². The van der Waals surface area contributed by atoms with Crippen molar-refractivity contribution < 1.29 is 13.9 Å². The molecule has 0 aliphatic rings. The largest absolute Gasteiger partial charge is 0.483 e. The highest BCUT2D eigenvalue weighted by molar-refractivity contribution is 8.00. The Morgan fingerprint density at radius 2 is 1.78 bits per heavy atom. The van der Waals surface area contributed by atoms with Gasteiger partial charge in [0, 0.05) is 12.2 Å². The van der Waals surface area contributed by atoms with E-state index in [0.717, 1.165) is 5.69 Å². The predicted octanol–water partition coefficient (Wildman–Crippen LogP) is 5.72. The normalized spacial score (nSPS) is 13.1. The lowest BCUT2D eigenvalue weighted by molar-refractivity contribution is -0.115. The van der Waals surface area contributed by atoms with Crippen LogP contribution in [0.25, 0.3) is 0 Å². The number of halogens is 1. The van der Waals surface area contributed by atoms with Crippen LogP contribution < -0.4 is 10.1 Å². The van der Waals surface area contributed by atoms with Crippen molar-refractivity contribution >= 4 is 23.4 Å². The lowest BCUT2D eigenvalue weighted by atomic mass is 10.2. The van der Waals surface area contributed by atoms with Crippen LogP contribution in [-0.2, 0) is 11.3 Å². The van der Waals surface area contributed by atoms with Gasteiger partial charge < -0.3 is 14.6 Å². The summed E-state index contributed by atoms with van der Waals surface area (Å²) in [4.78, 5) is 12.8. The Morgan fingerprint density at radius 1 is 1.09 bits per heavy atom. The number of nitrogens with one attached hydrogen (secondary N) is 1. The molecule has 0 spiro atoms. The van der Waals surface area contributed by atoms with Gasteiger partial charge in [0.2, 0.25) is 5.91 Å². The number of para-hydroxylation sites is 1. The van der Waals surface area contributed by atoms with Gasteiger partial charge in [-0.1, -0.05) is 50.7 Å². The van der Waals surface area contributed by atoms with Gasteiger partial charge in [-0.2, -0.15) is 0 Å². The Balaban J connectivity index is 1.78. The van der Waals surface area contributed by atoms with Crippen LogP contribution in [-0.4, -0.2) is 25.9 Å². The molecular weight excluding hydrogens is 427 g/mol. The molecule has 1 aromatic heterocycles. The number of amides is 1. The minimum atomic E-state index is -0.390. The summed E-state index contributed by atoms with van der Waals surface area (Å²) in [5, 5.41) is 12.1.